The lowest BCUT2D eigenvalue weighted by Gasteiger charge is -2.13. The van der Waals surface area contributed by atoms with E-state index >= 15 is 0 Å². The minimum atomic E-state index is -0.342. The molecule has 0 radical (unpaired) electrons. The standard InChI is InChI=1S/C24H16FNO2/c25-22-7-2-1-6-18(22)23-13-19(14-4-3-5-16(27)10-14)21-11-15-8-9-17(28)12-20(15)24(21)26-23/h1-10,12-13,27-28H,11H2. The van der Waals surface area contributed by atoms with Crippen LogP contribution in [-0.4, -0.2) is 15.2 Å². The molecular weight excluding hydrogens is 353 g/mol. The highest BCUT2D eigenvalue weighted by Gasteiger charge is 2.25. The van der Waals surface area contributed by atoms with Crippen molar-refractivity contribution in [2.45, 2.75) is 6.42 Å². The zero-order chi connectivity index (χ0) is 19.3. The van der Waals surface area contributed by atoms with Crippen LogP contribution in [-0.2, 0) is 6.42 Å². The topological polar surface area (TPSA) is 53.4 Å². The Hall–Kier alpha value is -3.66. The maximum Gasteiger partial charge on any atom is 0.132 e. The molecule has 3 nitrogen and oxygen atoms in total. The van der Waals surface area contributed by atoms with E-state index in [4.69, 9.17) is 4.98 Å². The van der Waals surface area contributed by atoms with E-state index < -0.39 is 0 Å². The summed E-state index contributed by atoms with van der Waals surface area (Å²) in [7, 11) is 0. The molecule has 0 aliphatic heterocycles. The first-order chi connectivity index (χ1) is 13.6. The molecule has 28 heavy (non-hydrogen) atoms. The molecule has 5 rings (SSSR count). The number of phenolic OH excluding ortho intramolecular Hbond substituents is 2. The Balaban J connectivity index is 1.82. The van der Waals surface area contributed by atoms with Crippen LogP contribution in [0, 0.1) is 5.82 Å². The molecule has 0 amide bonds. The third kappa shape index (κ3) is 2.62. The van der Waals surface area contributed by atoms with Crippen molar-refractivity contribution in [3.05, 3.63) is 89.7 Å². The summed E-state index contributed by atoms with van der Waals surface area (Å²) in [6.07, 6.45) is 0.667. The second kappa shape index (κ2) is 6.20. The molecule has 1 aliphatic carbocycles. The molecule has 0 fully saturated rings. The van der Waals surface area contributed by atoms with Gasteiger partial charge in [0.25, 0.3) is 0 Å². The molecule has 3 aromatic carbocycles. The van der Waals surface area contributed by atoms with E-state index in [0.717, 1.165) is 33.5 Å². The van der Waals surface area contributed by atoms with Gasteiger partial charge in [-0.2, -0.15) is 0 Å². The molecule has 0 bridgehead atoms. The van der Waals surface area contributed by atoms with Crippen molar-refractivity contribution in [2.24, 2.45) is 0 Å². The molecule has 136 valence electrons. The normalized spacial score (nSPS) is 11.9. The van der Waals surface area contributed by atoms with E-state index in [-0.39, 0.29) is 17.3 Å². The Labute approximate surface area is 161 Å². The molecule has 0 unspecified atom stereocenters. The largest absolute Gasteiger partial charge is 0.508 e. The first-order valence-electron chi connectivity index (χ1n) is 9.00. The van der Waals surface area contributed by atoms with Crippen molar-refractivity contribution >= 4 is 0 Å². The Kier molecular flexibility index (Phi) is 3.66. The van der Waals surface area contributed by atoms with Crippen molar-refractivity contribution in [3.8, 4) is 45.1 Å². The van der Waals surface area contributed by atoms with E-state index in [2.05, 4.69) is 0 Å². The lowest BCUT2D eigenvalue weighted by molar-refractivity contribution is 0.475. The number of aromatic nitrogens is 1. The van der Waals surface area contributed by atoms with Crippen LogP contribution in [0.4, 0.5) is 4.39 Å². The summed E-state index contributed by atoms with van der Waals surface area (Å²) in [6.45, 7) is 0. The number of aromatic hydroxyl groups is 2. The Bertz CT molecular complexity index is 1230. The molecule has 1 heterocycles. The van der Waals surface area contributed by atoms with E-state index in [9.17, 15) is 14.6 Å². The van der Waals surface area contributed by atoms with Gasteiger partial charge in [0.1, 0.15) is 17.3 Å². The van der Waals surface area contributed by atoms with Crippen LogP contribution < -0.4 is 0 Å². The van der Waals surface area contributed by atoms with Crippen LogP contribution in [0.25, 0.3) is 33.6 Å². The summed E-state index contributed by atoms with van der Waals surface area (Å²) < 4.78 is 14.5. The zero-order valence-corrected chi connectivity index (χ0v) is 14.9. The second-order valence-electron chi connectivity index (χ2n) is 6.93. The van der Waals surface area contributed by atoms with Gasteiger partial charge in [-0.3, -0.25) is 0 Å². The Morgan fingerprint density at radius 3 is 2.39 bits per heavy atom. The number of benzene rings is 3. The van der Waals surface area contributed by atoms with Crippen molar-refractivity contribution < 1.29 is 14.6 Å². The van der Waals surface area contributed by atoms with E-state index in [1.807, 2.05) is 18.2 Å². The quantitative estimate of drug-likeness (QED) is 0.430. The maximum absolute atomic E-state index is 14.5. The third-order valence-corrected chi connectivity index (χ3v) is 5.15. The highest BCUT2D eigenvalue weighted by Crippen LogP contribution is 2.44. The first kappa shape index (κ1) is 16.5. The summed E-state index contributed by atoms with van der Waals surface area (Å²) in [6, 6.07) is 20.7. The molecule has 0 saturated carbocycles. The van der Waals surface area contributed by atoms with Crippen LogP contribution >= 0.6 is 0 Å². The molecule has 4 aromatic rings. The molecular formula is C24H16FNO2. The van der Waals surface area contributed by atoms with Crippen LogP contribution in [0.15, 0.2) is 72.8 Å². The predicted molar refractivity (Wildman–Crippen MR) is 107 cm³/mol. The number of pyridine rings is 1. The average Bonchev–Trinajstić information content (AvgIpc) is 3.05. The van der Waals surface area contributed by atoms with Gasteiger partial charge in [-0.1, -0.05) is 30.3 Å². The fraction of sp³-hybridized carbons (Fsp3) is 0.0417. The molecule has 0 atom stereocenters. The molecule has 0 saturated heterocycles. The van der Waals surface area contributed by atoms with Gasteiger partial charge in [0.2, 0.25) is 0 Å². The lowest BCUT2D eigenvalue weighted by Crippen LogP contribution is -1.96. The van der Waals surface area contributed by atoms with E-state index in [0.29, 0.717) is 17.7 Å². The minimum absolute atomic E-state index is 0.170. The fourth-order valence-electron chi connectivity index (χ4n) is 3.84. The van der Waals surface area contributed by atoms with Gasteiger partial charge in [0, 0.05) is 17.5 Å². The summed E-state index contributed by atoms with van der Waals surface area (Å²) in [5.41, 5.74) is 6.34. The highest BCUT2D eigenvalue weighted by atomic mass is 19.1. The lowest BCUT2D eigenvalue weighted by atomic mass is 9.96. The summed E-state index contributed by atoms with van der Waals surface area (Å²) >= 11 is 0. The van der Waals surface area contributed by atoms with Crippen molar-refractivity contribution in [3.63, 3.8) is 0 Å². The number of hydrogen-bond donors (Lipinski definition) is 2. The minimum Gasteiger partial charge on any atom is -0.508 e. The number of halogens is 1. The monoisotopic (exact) mass is 369 g/mol. The first-order valence-corrected chi connectivity index (χ1v) is 9.00. The summed E-state index contributed by atoms with van der Waals surface area (Å²) in [5, 5.41) is 19.9. The second-order valence-corrected chi connectivity index (χ2v) is 6.93. The summed E-state index contributed by atoms with van der Waals surface area (Å²) in [4.78, 5) is 4.76. The van der Waals surface area contributed by atoms with Gasteiger partial charge in [-0.05, 0) is 64.7 Å². The van der Waals surface area contributed by atoms with Crippen molar-refractivity contribution in [1.29, 1.82) is 0 Å². The van der Waals surface area contributed by atoms with Gasteiger partial charge in [0.05, 0.1) is 11.4 Å². The molecule has 0 spiro atoms. The van der Waals surface area contributed by atoms with Crippen LogP contribution in [0.2, 0.25) is 0 Å². The van der Waals surface area contributed by atoms with Gasteiger partial charge >= 0.3 is 0 Å². The number of phenols is 2. The molecule has 1 aromatic heterocycles. The van der Waals surface area contributed by atoms with Crippen molar-refractivity contribution in [1.82, 2.24) is 4.98 Å². The molecule has 2 N–H and O–H groups in total. The van der Waals surface area contributed by atoms with E-state index in [1.165, 1.54) is 6.07 Å². The van der Waals surface area contributed by atoms with Gasteiger partial charge in [-0.25, -0.2) is 9.37 Å². The average molecular weight is 369 g/mol. The smallest absolute Gasteiger partial charge is 0.132 e. The van der Waals surface area contributed by atoms with Crippen LogP contribution in [0.1, 0.15) is 11.1 Å². The van der Waals surface area contributed by atoms with E-state index in [1.54, 1.807) is 48.5 Å². The molecule has 4 heteroatoms. The number of hydrogen-bond acceptors (Lipinski definition) is 3. The predicted octanol–water partition coefficient (Wildman–Crippen LogP) is 5.54. The van der Waals surface area contributed by atoms with Gasteiger partial charge in [-0.15, -0.1) is 0 Å². The zero-order valence-electron chi connectivity index (χ0n) is 14.9. The van der Waals surface area contributed by atoms with Crippen molar-refractivity contribution in [2.75, 3.05) is 0 Å². The van der Waals surface area contributed by atoms with Crippen LogP contribution in [0.5, 0.6) is 11.5 Å². The SMILES string of the molecule is Oc1cccc(-c2cc(-c3ccccc3F)nc3c2Cc2ccc(O)cc2-3)c1. The maximum atomic E-state index is 14.5. The van der Waals surface area contributed by atoms with Gasteiger partial charge in [0.15, 0.2) is 0 Å². The Morgan fingerprint density at radius 2 is 1.57 bits per heavy atom. The van der Waals surface area contributed by atoms with Gasteiger partial charge < -0.3 is 10.2 Å². The number of rotatable bonds is 2. The Morgan fingerprint density at radius 1 is 0.750 bits per heavy atom. The molecule has 1 aliphatic rings. The fourth-order valence-corrected chi connectivity index (χ4v) is 3.84. The number of nitrogens with zero attached hydrogens (tertiary/aromatic N) is 1. The highest BCUT2D eigenvalue weighted by molar-refractivity contribution is 5.86. The number of fused-ring (bicyclic) bond motifs is 3. The van der Waals surface area contributed by atoms with Crippen LogP contribution in [0.3, 0.4) is 0 Å². The third-order valence-electron chi connectivity index (χ3n) is 5.15. The summed E-state index contributed by atoms with van der Waals surface area (Å²) in [5.74, 6) is -0.00167.